The van der Waals surface area contributed by atoms with Crippen LogP contribution in [0.4, 0.5) is 0 Å². The van der Waals surface area contributed by atoms with E-state index in [1.54, 1.807) is 0 Å². The zero-order chi connectivity index (χ0) is 12.4. The number of allylic oxidation sites excluding steroid dienone is 1. The number of nitriles is 1. The zero-order valence-corrected chi connectivity index (χ0v) is 10.0. The standard InChI is InChI=1S/C14H14N4/c15-9-11(10-5-7-16-8-6-10)14-17-12-3-1-2-4-13(12)18-14/h1-4,16H,5-8H2,(H,17,18). The minimum atomic E-state index is 0.704. The summed E-state index contributed by atoms with van der Waals surface area (Å²) in [6.07, 6.45) is 1.86. The maximum atomic E-state index is 9.37. The average molecular weight is 238 g/mol. The molecule has 1 aliphatic heterocycles. The minimum Gasteiger partial charge on any atom is -0.337 e. The molecule has 0 radical (unpaired) electrons. The van der Waals surface area contributed by atoms with E-state index < -0.39 is 0 Å². The second-order valence-corrected chi connectivity index (χ2v) is 4.44. The van der Waals surface area contributed by atoms with Gasteiger partial charge in [0.2, 0.25) is 0 Å². The Bertz CT molecular complexity index is 604. The van der Waals surface area contributed by atoms with Crippen LogP contribution < -0.4 is 5.32 Å². The Morgan fingerprint density at radius 3 is 2.72 bits per heavy atom. The van der Waals surface area contributed by atoms with Crippen molar-refractivity contribution in [1.29, 1.82) is 5.26 Å². The fourth-order valence-electron chi connectivity index (χ4n) is 2.35. The predicted molar refractivity (Wildman–Crippen MR) is 70.7 cm³/mol. The highest BCUT2D eigenvalue weighted by Crippen LogP contribution is 2.24. The Morgan fingerprint density at radius 1 is 1.22 bits per heavy atom. The molecular formula is C14H14N4. The van der Waals surface area contributed by atoms with E-state index in [1.807, 2.05) is 24.3 Å². The number of hydrogen-bond donors (Lipinski definition) is 2. The van der Waals surface area contributed by atoms with Crippen molar-refractivity contribution in [1.82, 2.24) is 15.3 Å². The van der Waals surface area contributed by atoms with Gasteiger partial charge in [-0.3, -0.25) is 0 Å². The second kappa shape index (κ2) is 4.63. The number of nitrogens with one attached hydrogen (secondary N) is 2. The van der Waals surface area contributed by atoms with Crippen LogP contribution in [-0.2, 0) is 0 Å². The SMILES string of the molecule is N#CC(=C1CCNCC1)c1nc2ccccc2[nH]1. The van der Waals surface area contributed by atoms with Gasteiger partial charge >= 0.3 is 0 Å². The molecule has 4 nitrogen and oxygen atoms in total. The van der Waals surface area contributed by atoms with Crippen LogP contribution >= 0.6 is 0 Å². The molecule has 18 heavy (non-hydrogen) atoms. The van der Waals surface area contributed by atoms with Gasteiger partial charge in [0.05, 0.1) is 16.6 Å². The van der Waals surface area contributed by atoms with Crippen LogP contribution in [-0.4, -0.2) is 23.1 Å². The van der Waals surface area contributed by atoms with Crippen LogP contribution in [0, 0.1) is 11.3 Å². The van der Waals surface area contributed by atoms with Crippen LogP contribution in [0.1, 0.15) is 18.7 Å². The molecule has 0 spiro atoms. The van der Waals surface area contributed by atoms with Gasteiger partial charge in [-0.2, -0.15) is 5.26 Å². The molecule has 4 heteroatoms. The van der Waals surface area contributed by atoms with E-state index in [4.69, 9.17) is 0 Å². The number of rotatable bonds is 1. The van der Waals surface area contributed by atoms with Gasteiger partial charge in [0.1, 0.15) is 11.9 Å². The lowest BCUT2D eigenvalue weighted by Gasteiger charge is -2.16. The number of para-hydroxylation sites is 2. The summed E-state index contributed by atoms with van der Waals surface area (Å²) in [6, 6.07) is 10.2. The topological polar surface area (TPSA) is 64.5 Å². The first-order chi connectivity index (χ1) is 8.88. The van der Waals surface area contributed by atoms with E-state index in [0.29, 0.717) is 11.4 Å². The summed E-state index contributed by atoms with van der Waals surface area (Å²) in [4.78, 5) is 7.73. The molecule has 0 bridgehead atoms. The maximum Gasteiger partial charge on any atom is 0.149 e. The number of piperidine rings is 1. The normalized spacial score (nSPS) is 15.6. The van der Waals surface area contributed by atoms with Gasteiger partial charge in [0.15, 0.2) is 0 Å². The van der Waals surface area contributed by atoms with Crippen molar-refractivity contribution < 1.29 is 0 Å². The highest BCUT2D eigenvalue weighted by molar-refractivity contribution is 5.83. The fraction of sp³-hybridized carbons (Fsp3) is 0.286. The Kier molecular flexibility index (Phi) is 2.83. The number of aromatic amines is 1. The van der Waals surface area contributed by atoms with E-state index in [1.165, 1.54) is 5.57 Å². The van der Waals surface area contributed by atoms with Crippen molar-refractivity contribution in [3.63, 3.8) is 0 Å². The van der Waals surface area contributed by atoms with Gasteiger partial charge in [-0.1, -0.05) is 12.1 Å². The number of nitrogens with zero attached hydrogens (tertiary/aromatic N) is 2. The van der Waals surface area contributed by atoms with Crippen molar-refractivity contribution in [2.75, 3.05) is 13.1 Å². The molecule has 2 aromatic rings. The lowest BCUT2D eigenvalue weighted by atomic mass is 9.99. The van der Waals surface area contributed by atoms with Crippen LogP contribution in [0.3, 0.4) is 0 Å². The summed E-state index contributed by atoms with van der Waals surface area (Å²) in [6.45, 7) is 1.89. The molecule has 1 fully saturated rings. The van der Waals surface area contributed by atoms with E-state index in [2.05, 4.69) is 21.4 Å². The third-order valence-corrected chi connectivity index (χ3v) is 3.30. The van der Waals surface area contributed by atoms with Gasteiger partial charge in [0.25, 0.3) is 0 Å². The second-order valence-electron chi connectivity index (χ2n) is 4.44. The maximum absolute atomic E-state index is 9.37. The summed E-state index contributed by atoms with van der Waals surface area (Å²) >= 11 is 0. The van der Waals surface area contributed by atoms with Crippen molar-refractivity contribution >= 4 is 16.6 Å². The number of benzene rings is 1. The Balaban J connectivity index is 2.08. The fourth-order valence-corrected chi connectivity index (χ4v) is 2.35. The van der Waals surface area contributed by atoms with Crippen LogP contribution in [0.25, 0.3) is 16.6 Å². The number of hydrogen-bond acceptors (Lipinski definition) is 3. The monoisotopic (exact) mass is 238 g/mol. The van der Waals surface area contributed by atoms with Gasteiger partial charge < -0.3 is 10.3 Å². The van der Waals surface area contributed by atoms with Crippen LogP contribution in [0.2, 0.25) is 0 Å². The molecule has 3 rings (SSSR count). The quantitative estimate of drug-likeness (QED) is 0.749. The van der Waals surface area contributed by atoms with Crippen LogP contribution in [0.5, 0.6) is 0 Å². The van der Waals surface area contributed by atoms with Crippen LogP contribution in [0.15, 0.2) is 29.8 Å². The van der Waals surface area contributed by atoms with E-state index in [-0.39, 0.29) is 0 Å². The predicted octanol–water partition coefficient (Wildman–Crippen LogP) is 2.22. The largest absolute Gasteiger partial charge is 0.337 e. The van der Waals surface area contributed by atoms with Gasteiger partial charge in [-0.25, -0.2) is 4.98 Å². The van der Waals surface area contributed by atoms with Crippen molar-refractivity contribution in [2.45, 2.75) is 12.8 Å². The summed E-state index contributed by atoms with van der Waals surface area (Å²) in [5.41, 5.74) is 3.81. The summed E-state index contributed by atoms with van der Waals surface area (Å²) < 4.78 is 0. The molecule has 0 saturated carbocycles. The van der Waals surface area contributed by atoms with Crippen molar-refractivity contribution in [2.24, 2.45) is 0 Å². The Hall–Kier alpha value is -2.12. The first kappa shape index (κ1) is 11.0. The molecule has 2 heterocycles. The third kappa shape index (κ3) is 1.89. The molecule has 1 aliphatic rings. The van der Waals surface area contributed by atoms with E-state index >= 15 is 0 Å². The summed E-state index contributed by atoms with van der Waals surface area (Å²) in [7, 11) is 0. The number of imidazole rings is 1. The molecule has 0 unspecified atom stereocenters. The number of H-pyrrole nitrogens is 1. The minimum absolute atomic E-state index is 0.704. The zero-order valence-electron chi connectivity index (χ0n) is 10.0. The van der Waals surface area contributed by atoms with E-state index in [0.717, 1.165) is 37.0 Å². The van der Waals surface area contributed by atoms with Gasteiger partial charge in [-0.15, -0.1) is 0 Å². The lowest BCUT2D eigenvalue weighted by molar-refractivity contribution is 0.611. The highest BCUT2D eigenvalue weighted by atomic mass is 14.9. The van der Waals surface area contributed by atoms with E-state index in [9.17, 15) is 5.26 Å². The first-order valence-corrected chi connectivity index (χ1v) is 6.16. The summed E-state index contributed by atoms with van der Waals surface area (Å²) in [5.74, 6) is 0.704. The average Bonchev–Trinajstić information content (AvgIpc) is 2.84. The number of aromatic nitrogens is 2. The lowest BCUT2D eigenvalue weighted by Crippen LogP contribution is -2.23. The molecule has 2 N–H and O–H groups in total. The Morgan fingerprint density at radius 2 is 2.00 bits per heavy atom. The van der Waals surface area contributed by atoms with Gasteiger partial charge in [-0.05, 0) is 43.6 Å². The highest BCUT2D eigenvalue weighted by Gasteiger charge is 2.15. The first-order valence-electron chi connectivity index (χ1n) is 6.16. The molecule has 0 aliphatic carbocycles. The summed E-state index contributed by atoms with van der Waals surface area (Å²) in [5, 5.41) is 12.7. The molecule has 0 amide bonds. The molecule has 90 valence electrons. The Labute approximate surface area is 105 Å². The molecular weight excluding hydrogens is 224 g/mol. The number of fused-ring (bicyclic) bond motifs is 1. The molecule has 0 atom stereocenters. The third-order valence-electron chi connectivity index (χ3n) is 3.30. The molecule has 1 aromatic heterocycles. The molecule has 1 saturated heterocycles. The van der Waals surface area contributed by atoms with Crippen molar-refractivity contribution in [3.05, 3.63) is 35.7 Å². The molecule has 1 aromatic carbocycles. The van der Waals surface area contributed by atoms with Crippen molar-refractivity contribution in [3.8, 4) is 6.07 Å². The van der Waals surface area contributed by atoms with Gasteiger partial charge in [0, 0.05) is 0 Å². The smallest absolute Gasteiger partial charge is 0.149 e.